The van der Waals surface area contributed by atoms with Crippen LogP contribution in [0.4, 0.5) is 0 Å². The minimum absolute atomic E-state index is 1.04. The molecule has 62 valence electrons. The molecular weight excluding hydrogens is 216 g/mol. The minimum Gasteiger partial charge on any atom is -0.306 e. The van der Waals surface area contributed by atoms with E-state index in [0.717, 1.165) is 16.4 Å². The van der Waals surface area contributed by atoms with Gasteiger partial charge >= 0.3 is 0 Å². The van der Waals surface area contributed by atoms with Gasteiger partial charge in [-0.05, 0) is 18.1 Å². The molecule has 0 spiro atoms. The fourth-order valence-electron chi connectivity index (χ4n) is 1.25. The summed E-state index contributed by atoms with van der Waals surface area (Å²) >= 11 is 3.52. The monoisotopic (exact) mass is 224 g/mol. The van der Waals surface area contributed by atoms with Crippen LogP contribution in [0.2, 0.25) is 0 Å². The zero-order chi connectivity index (χ0) is 8.55. The van der Waals surface area contributed by atoms with Crippen molar-refractivity contribution >= 4 is 21.4 Å². The number of hydrogen-bond acceptors (Lipinski definition) is 1. The second-order valence-corrected chi connectivity index (χ2v) is 3.58. The van der Waals surface area contributed by atoms with Gasteiger partial charge in [0.15, 0.2) is 0 Å². The van der Waals surface area contributed by atoms with Crippen LogP contribution in [0.3, 0.4) is 0 Å². The third-order valence-corrected chi connectivity index (χ3v) is 2.69. The molecule has 2 rings (SSSR count). The number of nitrogens with zero attached hydrogens (tertiary/aromatic N) is 2. The summed E-state index contributed by atoms with van der Waals surface area (Å²) in [4.78, 5) is 4.06. The maximum absolute atomic E-state index is 4.06. The van der Waals surface area contributed by atoms with Crippen molar-refractivity contribution < 1.29 is 0 Å². The lowest BCUT2D eigenvalue weighted by Crippen LogP contribution is -1.88. The molecule has 0 N–H and O–H groups in total. The van der Waals surface area contributed by atoms with Gasteiger partial charge in [-0.25, -0.2) is 4.98 Å². The van der Waals surface area contributed by atoms with Crippen LogP contribution in [0, 0.1) is 0 Å². The summed E-state index contributed by atoms with van der Waals surface area (Å²) in [7, 11) is 0. The third kappa shape index (κ3) is 1.14. The van der Waals surface area contributed by atoms with Crippen molar-refractivity contribution in [1.29, 1.82) is 0 Å². The number of aromatic nitrogens is 2. The lowest BCUT2D eigenvalue weighted by molar-refractivity contribution is 1.05. The summed E-state index contributed by atoms with van der Waals surface area (Å²) in [5, 5.41) is 0. The van der Waals surface area contributed by atoms with Gasteiger partial charge in [-0.15, -0.1) is 0 Å². The van der Waals surface area contributed by atoms with Crippen LogP contribution in [0.1, 0.15) is 12.5 Å². The molecule has 0 aliphatic heterocycles. The van der Waals surface area contributed by atoms with Crippen LogP contribution in [-0.2, 0) is 6.42 Å². The van der Waals surface area contributed by atoms with E-state index >= 15 is 0 Å². The summed E-state index contributed by atoms with van der Waals surface area (Å²) in [5.41, 5.74) is 2.43. The van der Waals surface area contributed by atoms with Crippen LogP contribution in [-0.4, -0.2) is 9.38 Å². The van der Waals surface area contributed by atoms with E-state index in [1.807, 2.05) is 16.9 Å². The molecule has 0 unspecified atom stereocenters. The summed E-state index contributed by atoms with van der Waals surface area (Å²) in [6.07, 6.45) is 6.81. The Bertz CT molecular complexity index is 406. The molecule has 2 nitrogen and oxygen atoms in total. The zero-order valence-corrected chi connectivity index (χ0v) is 8.37. The molecule has 3 heteroatoms. The molecule has 12 heavy (non-hydrogen) atoms. The smallest absolute Gasteiger partial charge is 0.0992 e. The molecule has 2 heterocycles. The first-order chi connectivity index (χ1) is 5.81. The molecule has 0 aliphatic carbocycles. The highest BCUT2D eigenvalue weighted by Crippen LogP contribution is 2.19. The molecule has 2 aromatic rings. The van der Waals surface area contributed by atoms with Gasteiger partial charge in [-0.2, -0.15) is 0 Å². The van der Waals surface area contributed by atoms with Gasteiger partial charge in [0, 0.05) is 10.7 Å². The van der Waals surface area contributed by atoms with Crippen LogP contribution in [0.5, 0.6) is 0 Å². The SMILES string of the molecule is CCc1cn2cncc2cc1Br. The van der Waals surface area contributed by atoms with Gasteiger partial charge in [0.2, 0.25) is 0 Å². The first-order valence-electron chi connectivity index (χ1n) is 3.91. The Balaban J connectivity index is 2.73. The molecule has 0 amide bonds. The third-order valence-electron chi connectivity index (χ3n) is 1.95. The van der Waals surface area contributed by atoms with Gasteiger partial charge in [0.25, 0.3) is 0 Å². The quantitative estimate of drug-likeness (QED) is 0.729. The van der Waals surface area contributed by atoms with Gasteiger partial charge in [-0.3, -0.25) is 0 Å². The highest BCUT2D eigenvalue weighted by molar-refractivity contribution is 9.10. The number of imidazole rings is 1. The lowest BCUT2D eigenvalue weighted by Gasteiger charge is -2.01. The molecular formula is C9H9BrN2. The lowest BCUT2D eigenvalue weighted by atomic mass is 10.2. The first kappa shape index (κ1) is 7.80. The Hall–Kier alpha value is -0.830. The largest absolute Gasteiger partial charge is 0.306 e. The van der Waals surface area contributed by atoms with Crippen LogP contribution >= 0.6 is 15.9 Å². The maximum atomic E-state index is 4.06. The molecule has 2 aromatic heterocycles. The standard InChI is InChI=1S/C9H9BrN2/c1-2-7-5-12-6-11-4-8(12)3-9(7)10/h3-6H,2H2,1H3. The van der Waals surface area contributed by atoms with E-state index in [-0.39, 0.29) is 0 Å². The van der Waals surface area contributed by atoms with Crippen molar-refractivity contribution in [3.63, 3.8) is 0 Å². The molecule has 0 atom stereocenters. The van der Waals surface area contributed by atoms with Crippen molar-refractivity contribution in [1.82, 2.24) is 9.38 Å². The molecule has 0 fully saturated rings. The van der Waals surface area contributed by atoms with Gasteiger partial charge in [0.1, 0.15) is 0 Å². The van der Waals surface area contributed by atoms with Gasteiger partial charge < -0.3 is 4.40 Å². The van der Waals surface area contributed by atoms with Crippen LogP contribution in [0.15, 0.2) is 29.3 Å². The molecule has 0 saturated heterocycles. The Morgan fingerprint density at radius 2 is 2.42 bits per heavy atom. The predicted octanol–water partition coefficient (Wildman–Crippen LogP) is 2.66. The Morgan fingerprint density at radius 1 is 1.58 bits per heavy atom. The number of halogens is 1. The Kier molecular flexibility index (Phi) is 1.89. The van der Waals surface area contributed by atoms with E-state index in [2.05, 4.69) is 40.1 Å². The number of rotatable bonds is 1. The predicted molar refractivity (Wildman–Crippen MR) is 52.3 cm³/mol. The average Bonchev–Trinajstić information content (AvgIpc) is 2.49. The number of aryl methyl sites for hydroxylation is 1. The van der Waals surface area contributed by atoms with E-state index in [4.69, 9.17) is 0 Å². The molecule has 0 saturated carbocycles. The van der Waals surface area contributed by atoms with Gasteiger partial charge in [0.05, 0.1) is 18.0 Å². The van der Waals surface area contributed by atoms with Crippen molar-refractivity contribution in [2.75, 3.05) is 0 Å². The second kappa shape index (κ2) is 2.90. The number of hydrogen-bond donors (Lipinski definition) is 0. The summed E-state index contributed by atoms with van der Waals surface area (Å²) in [6, 6.07) is 2.09. The van der Waals surface area contributed by atoms with Crippen molar-refractivity contribution in [2.45, 2.75) is 13.3 Å². The van der Waals surface area contributed by atoms with E-state index in [1.54, 1.807) is 0 Å². The highest BCUT2D eigenvalue weighted by Gasteiger charge is 1.99. The number of fused-ring (bicyclic) bond motifs is 1. The molecule has 0 aromatic carbocycles. The van der Waals surface area contributed by atoms with Crippen molar-refractivity contribution in [3.05, 3.63) is 34.8 Å². The van der Waals surface area contributed by atoms with Crippen LogP contribution in [0.25, 0.3) is 5.52 Å². The van der Waals surface area contributed by atoms with E-state index in [0.29, 0.717) is 0 Å². The fourth-order valence-corrected chi connectivity index (χ4v) is 1.86. The Labute approximate surface area is 79.4 Å². The molecule has 0 aliphatic rings. The minimum atomic E-state index is 1.04. The summed E-state index contributed by atoms with van der Waals surface area (Å²) in [6.45, 7) is 2.14. The van der Waals surface area contributed by atoms with E-state index < -0.39 is 0 Å². The number of pyridine rings is 1. The van der Waals surface area contributed by atoms with Crippen LogP contribution < -0.4 is 0 Å². The van der Waals surface area contributed by atoms with Gasteiger partial charge in [-0.1, -0.05) is 22.9 Å². The average molecular weight is 225 g/mol. The molecule has 0 radical (unpaired) electrons. The summed E-state index contributed by atoms with van der Waals surface area (Å²) in [5.74, 6) is 0. The van der Waals surface area contributed by atoms with E-state index in [9.17, 15) is 0 Å². The highest BCUT2D eigenvalue weighted by atomic mass is 79.9. The second-order valence-electron chi connectivity index (χ2n) is 2.73. The fraction of sp³-hybridized carbons (Fsp3) is 0.222. The molecule has 0 bridgehead atoms. The normalized spacial score (nSPS) is 10.8. The van der Waals surface area contributed by atoms with E-state index in [1.165, 1.54) is 5.56 Å². The Morgan fingerprint density at radius 3 is 3.17 bits per heavy atom. The summed E-state index contributed by atoms with van der Waals surface area (Å²) < 4.78 is 3.20. The maximum Gasteiger partial charge on any atom is 0.0992 e. The topological polar surface area (TPSA) is 17.3 Å². The zero-order valence-electron chi connectivity index (χ0n) is 6.79. The first-order valence-corrected chi connectivity index (χ1v) is 4.70. The van der Waals surface area contributed by atoms with Crippen molar-refractivity contribution in [2.24, 2.45) is 0 Å². The van der Waals surface area contributed by atoms with Crippen molar-refractivity contribution in [3.8, 4) is 0 Å².